The van der Waals surface area contributed by atoms with E-state index < -0.39 is 15.7 Å². The maximum absolute atomic E-state index is 12.8. The summed E-state index contributed by atoms with van der Waals surface area (Å²) >= 11 is 0. The molecule has 0 radical (unpaired) electrons. The summed E-state index contributed by atoms with van der Waals surface area (Å²) in [5, 5.41) is 3.52. The summed E-state index contributed by atoms with van der Waals surface area (Å²) in [5.41, 5.74) is 3.19. The van der Waals surface area contributed by atoms with Gasteiger partial charge >= 0.3 is 0 Å². The van der Waals surface area contributed by atoms with Gasteiger partial charge in [0.25, 0.3) is 5.91 Å². The van der Waals surface area contributed by atoms with Crippen molar-refractivity contribution in [3.8, 4) is 0 Å². The van der Waals surface area contributed by atoms with Gasteiger partial charge < -0.3 is 14.6 Å². The lowest BCUT2D eigenvalue weighted by Gasteiger charge is -2.23. The van der Waals surface area contributed by atoms with Gasteiger partial charge in [-0.25, -0.2) is 8.42 Å². The molecule has 0 unspecified atom stereocenters. The number of furan rings is 1. The van der Waals surface area contributed by atoms with Gasteiger partial charge in [0.2, 0.25) is 0 Å². The molecule has 0 aliphatic rings. The number of sulfone groups is 1. The quantitative estimate of drug-likeness (QED) is 0.610. The predicted molar refractivity (Wildman–Crippen MR) is 116 cm³/mol. The van der Waals surface area contributed by atoms with Crippen molar-refractivity contribution in [1.29, 1.82) is 0 Å². The molecule has 2 aromatic carbocycles. The summed E-state index contributed by atoms with van der Waals surface area (Å²) in [5.74, 6) is -0.577. The molecule has 0 aliphatic heterocycles. The first kappa shape index (κ1) is 20.9. The number of aryl methyl sites for hydroxylation is 1. The lowest BCUT2D eigenvalue weighted by Crippen LogP contribution is -2.35. The number of fused-ring (bicyclic) bond motifs is 1. The molecule has 6 nitrogen and oxygen atoms in total. The molecule has 0 aliphatic carbocycles. The van der Waals surface area contributed by atoms with E-state index in [1.165, 1.54) is 5.56 Å². The average Bonchev–Trinajstić information content (AvgIpc) is 3.02. The number of para-hydroxylation sites is 1. The van der Waals surface area contributed by atoms with Gasteiger partial charge in [0, 0.05) is 42.5 Å². The monoisotopic (exact) mass is 414 g/mol. The number of benzene rings is 2. The van der Waals surface area contributed by atoms with E-state index in [9.17, 15) is 13.2 Å². The average molecular weight is 415 g/mol. The van der Waals surface area contributed by atoms with E-state index >= 15 is 0 Å². The smallest absolute Gasteiger partial charge is 0.287 e. The third-order valence-electron chi connectivity index (χ3n) is 4.73. The number of anilines is 1. The fraction of sp³-hybridized carbons (Fsp3) is 0.318. The number of carbonyl (C=O) groups is 1. The minimum atomic E-state index is -3.32. The van der Waals surface area contributed by atoms with Crippen LogP contribution in [-0.4, -0.2) is 40.2 Å². The number of hydrogen-bond donors (Lipinski definition) is 1. The molecule has 29 heavy (non-hydrogen) atoms. The highest BCUT2D eigenvalue weighted by Gasteiger charge is 2.23. The zero-order chi connectivity index (χ0) is 21.0. The van der Waals surface area contributed by atoms with Crippen LogP contribution in [0.4, 0.5) is 5.69 Å². The van der Waals surface area contributed by atoms with Crippen LogP contribution in [0.3, 0.4) is 0 Å². The van der Waals surface area contributed by atoms with E-state index in [1.54, 1.807) is 24.3 Å². The van der Waals surface area contributed by atoms with Crippen LogP contribution >= 0.6 is 0 Å². The van der Waals surface area contributed by atoms with Gasteiger partial charge in [0.15, 0.2) is 15.6 Å². The van der Waals surface area contributed by atoms with Gasteiger partial charge in [-0.05, 0) is 37.6 Å². The Hall–Kier alpha value is -2.80. The van der Waals surface area contributed by atoms with Crippen LogP contribution in [0.1, 0.15) is 28.6 Å². The number of nitrogens with zero attached hydrogens (tertiary/aromatic N) is 1. The predicted octanol–water partition coefficient (Wildman–Crippen LogP) is 3.54. The van der Waals surface area contributed by atoms with Crippen LogP contribution in [-0.2, 0) is 15.6 Å². The number of hydrogen-bond acceptors (Lipinski definition) is 5. The first-order valence-corrected chi connectivity index (χ1v) is 11.6. The minimum Gasteiger partial charge on any atom is -0.451 e. The zero-order valence-electron chi connectivity index (χ0n) is 16.9. The van der Waals surface area contributed by atoms with Crippen molar-refractivity contribution in [2.24, 2.45) is 0 Å². The molecule has 154 valence electrons. The second-order valence-electron chi connectivity index (χ2n) is 7.15. The van der Waals surface area contributed by atoms with Gasteiger partial charge in [0.1, 0.15) is 5.58 Å². The van der Waals surface area contributed by atoms with E-state index in [0.29, 0.717) is 29.6 Å². The molecule has 0 atom stereocenters. The highest BCUT2D eigenvalue weighted by molar-refractivity contribution is 7.89. The lowest BCUT2D eigenvalue weighted by molar-refractivity contribution is 0.0928. The van der Waals surface area contributed by atoms with Gasteiger partial charge in [-0.15, -0.1) is 0 Å². The van der Waals surface area contributed by atoms with Gasteiger partial charge in [0.05, 0.1) is 5.75 Å². The van der Waals surface area contributed by atoms with Crippen molar-refractivity contribution < 1.29 is 17.6 Å². The van der Waals surface area contributed by atoms with Gasteiger partial charge in [-0.2, -0.15) is 0 Å². The Balaban J connectivity index is 1.75. The van der Waals surface area contributed by atoms with Crippen LogP contribution in [0.2, 0.25) is 0 Å². The van der Waals surface area contributed by atoms with E-state index in [-0.39, 0.29) is 11.5 Å². The molecule has 3 aromatic rings. The van der Waals surface area contributed by atoms with Crippen LogP contribution in [0, 0.1) is 6.92 Å². The molecule has 1 heterocycles. The highest BCUT2D eigenvalue weighted by Crippen LogP contribution is 2.27. The van der Waals surface area contributed by atoms with Gasteiger partial charge in [-0.1, -0.05) is 30.3 Å². The summed E-state index contributed by atoms with van der Waals surface area (Å²) < 4.78 is 29.4. The molecule has 1 N–H and O–H groups in total. The first-order chi connectivity index (χ1) is 13.8. The normalized spacial score (nSPS) is 11.6. The number of rotatable bonds is 8. The van der Waals surface area contributed by atoms with E-state index in [0.717, 1.165) is 18.5 Å². The number of carbonyl (C=O) groups excluding carboxylic acids is 1. The number of nitrogens with one attached hydrogen (secondary N) is 1. The molecule has 0 fully saturated rings. The second-order valence-corrected chi connectivity index (χ2v) is 9.29. The molecule has 3 rings (SSSR count). The van der Waals surface area contributed by atoms with E-state index in [2.05, 4.69) is 23.2 Å². The second kappa shape index (κ2) is 8.69. The minimum absolute atomic E-state index is 0.0650. The Bertz CT molecular complexity index is 1120. The van der Waals surface area contributed by atoms with Crippen molar-refractivity contribution in [2.45, 2.75) is 19.6 Å². The zero-order valence-corrected chi connectivity index (χ0v) is 17.8. The maximum Gasteiger partial charge on any atom is 0.287 e. The van der Waals surface area contributed by atoms with Crippen LogP contribution < -0.4 is 10.2 Å². The van der Waals surface area contributed by atoms with Gasteiger partial charge in [-0.3, -0.25) is 4.79 Å². The molecule has 1 amide bonds. The fourth-order valence-corrected chi connectivity index (χ4v) is 4.18. The van der Waals surface area contributed by atoms with Crippen molar-refractivity contribution in [2.75, 3.05) is 30.8 Å². The summed E-state index contributed by atoms with van der Waals surface area (Å²) in [6.45, 7) is 5.96. The van der Waals surface area contributed by atoms with E-state index in [4.69, 9.17) is 4.42 Å². The van der Waals surface area contributed by atoms with Crippen molar-refractivity contribution >= 4 is 32.4 Å². The Morgan fingerprint density at radius 2 is 1.90 bits per heavy atom. The fourth-order valence-electron chi connectivity index (χ4n) is 3.37. The maximum atomic E-state index is 12.8. The molecule has 7 heteroatoms. The topological polar surface area (TPSA) is 79.6 Å². The Morgan fingerprint density at radius 1 is 1.14 bits per heavy atom. The van der Waals surface area contributed by atoms with Crippen molar-refractivity contribution in [3.63, 3.8) is 0 Å². The standard InChI is InChI=1S/C22H26N2O4S/c1-4-24(17-9-7-8-16(2)14-17)13-12-23-22(25)21-19(15-29(3,26)27)18-10-5-6-11-20(18)28-21/h5-11,14H,4,12-13,15H2,1-3H3,(H,23,25). The third kappa shape index (κ3) is 5.17. The number of likely N-dealkylation sites (N-methyl/N-ethyl adjacent to an activating group) is 1. The first-order valence-electron chi connectivity index (χ1n) is 9.56. The summed E-state index contributed by atoms with van der Waals surface area (Å²) in [4.78, 5) is 14.9. The largest absolute Gasteiger partial charge is 0.451 e. The summed E-state index contributed by atoms with van der Waals surface area (Å²) in [7, 11) is -3.32. The molecule has 0 saturated heterocycles. The van der Waals surface area contributed by atoms with E-state index in [1.807, 2.05) is 25.1 Å². The Morgan fingerprint density at radius 3 is 2.59 bits per heavy atom. The van der Waals surface area contributed by atoms with Crippen LogP contribution in [0.25, 0.3) is 11.0 Å². The third-order valence-corrected chi connectivity index (χ3v) is 5.54. The van der Waals surface area contributed by atoms with Crippen LogP contribution in [0.5, 0.6) is 0 Å². The lowest BCUT2D eigenvalue weighted by atomic mass is 10.1. The SMILES string of the molecule is CCN(CCNC(=O)c1oc2ccccc2c1CS(C)(=O)=O)c1cccc(C)c1. The Kier molecular flexibility index (Phi) is 6.27. The molecule has 0 spiro atoms. The molecular weight excluding hydrogens is 388 g/mol. The molecular formula is C22H26N2O4S. The highest BCUT2D eigenvalue weighted by atomic mass is 32.2. The summed E-state index contributed by atoms with van der Waals surface area (Å²) in [6, 6.07) is 15.3. The van der Waals surface area contributed by atoms with Crippen LogP contribution in [0.15, 0.2) is 52.9 Å². The van der Waals surface area contributed by atoms with Crippen molar-refractivity contribution in [3.05, 3.63) is 65.4 Å². The molecule has 1 aromatic heterocycles. The molecule has 0 bridgehead atoms. The van der Waals surface area contributed by atoms with Crippen molar-refractivity contribution in [1.82, 2.24) is 5.32 Å². The number of amides is 1. The Labute approximate surface area is 171 Å². The molecule has 0 saturated carbocycles. The summed E-state index contributed by atoms with van der Waals surface area (Å²) in [6.07, 6.45) is 1.15.